The average molecular weight is 452 g/mol. The Morgan fingerprint density at radius 3 is 1.68 bits per heavy atom. The molecule has 0 N–H and O–H groups in total. The molecule has 0 unspecified atom stereocenters. The fourth-order valence-corrected chi connectivity index (χ4v) is 5.48. The van der Waals surface area contributed by atoms with E-state index in [9.17, 15) is 4.57 Å². The van der Waals surface area contributed by atoms with Gasteiger partial charge in [-0.2, -0.15) is 0 Å². The summed E-state index contributed by atoms with van der Waals surface area (Å²) < 4.78 is 12.5. The lowest BCUT2D eigenvalue weighted by atomic mass is 9.83. The fourth-order valence-electron chi connectivity index (χ4n) is 4.96. The van der Waals surface area contributed by atoms with E-state index in [0.717, 1.165) is 38.3 Å². The van der Waals surface area contributed by atoms with Crippen LogP contribution in [0.1, 0.15) is 0 Å². The Balaban J connectivity index is 1.87. The lowest BCUT2D eigenvalue weighted by Gasteiger charge is -2.21. The number of hydrogen-bond acceptors (Lipinski definition) is 1. The van der Waals surface area contributed by atoms with Gasteiger partial charge in [-0.15, -0.1) is 0 Å². The van der Waals surface area contributed by atoms with Gasteiger partial charge in [0.15, 0.2) is 8.46 Å². The molecule has 0 saturated heterocycles. The molecule has 0 aliphatic heterocycles. The quantitative estimate of drug-likeness (QED) is 0.244. The highest BCUT2D eigenvalue weighted by atomic mass is 31.1. The highest BCUT2D eigenvalue weighted by molar-refractivity contribution is 7.34. The van der Waals surface area contributed by atoms with Crippen LogP contribution >= 0.6 is 8.46 Å². The monoisotopic (exact) mass is 452 g/mol. The molecular weight excluding hydrogens is 431 g/mol. The summed E-state index contributed by atoms with van der Waals surface area (Å²) in [6, 6.07) is 44.3. The van der Waals surface area contributed by atoms with Crippen molar-refractivity contribution < 1.29 is 4.57 Å². The van der Waals surface area contributed by atoms with Crippen molar-refractivity contribution in [2.45, 2.75) is 0 Å². The molecule has 1 nitrogen and oxygen atoms in total. The molecule has 160 valence electrons. The highest BCUT2D eigenvalue weighted by Crippen LogP contribution is 2.45. The van der Waals surface area contributed by atoms with Crippen LogP contribution in [-0.2, 0) is 4.57 Å². The Morgan fingerprint density at radius 2 is 1.00 bits per heavy atom. The summed E-state index contributed by atoms with van der Waals surface area (Å²) in [5.41, 5.74) is 6.71. The number of hydrogen-bond donors (Lipinski definition) is 0. The molecule has 34 heavy (non-hydrogen) atoms. The summed E-state index contributed by atoms with van der Waals surface area (Å²) in [4.78, 5) is 0. The zero-order valence-electron chi connectivity index (χ0n) is 18.5. The van der Waals surface area contributed by atoms with E-state index in [0.29, 0.717) is 0 Å². The normalized spacial score (nSPS) is 11.3. The molecule has 0 heterocycles. The Kier molecular flexibility index (Phi) is 5.26. The van der Waals surface area contributed by atoms with Gasteiger partial charge in [-0.3, -0.25) is 4.57 Å². The third-order valence-electron chi connectivity index (χ3n) is 6.45. The second kappa shape index (κ2) is 8.71. The topological polar surface area (TPSA) is 17.1 Å². The van der Waals surface area contributed by atoms with Gasteiger partial charge in [-0.05, 0) is 55.4 Å². The fraction of sp³-hybridized carbons (Fsp3) is 0. The number of fused-ring (bicyclic) bond motifs is 2. The minimum absolute atomic E-state index is 0.0101. The van der Waals surface area contributed by atoms with Gasteiger partial charge in [0.2, 0.25) is 0 Å². The standard InChI is InChI=1S/C32H21OP/c33-34-29-21-25-16-8-10-18-27(25)32(30(29)24-14-5-2-6-15-24)31-26-17-9-7-13-23(26)19-20-28(31)22-11-3-1-4-12-22/h1-21H. The van der Waals surface area contributed by atoms with Gasteiger partial charge in [0.25, 0.3) is 0 Å². The maximum absolute atomic E-state index is 12.5. The molecule has 0 atom stereocenters. The second-order valence-electron chi connectivity index (χ2n) is 8.40. The van der Waals surface area contributed by atoms with Gasteiger partial charge in [0.1, 0.15) is 0 Å². The molecule has 6 rings (SSSR count). The van der Waals surface area contributed by atoms with E-state index in [1.807, 2.05) is 30.3 Å². The first kappa shape index (κ1) is 20.5. The average Bonchev–Trinajstić information content (AvgIpc) is 2.92. The molecule has 0 aliphatic carbocycles. The van der Waals surface area contributed by atoms with Crippen LogP contribution in [0, 0.1) is 0 Å². The Morgan fingerprint density at radius 1 is 0.441 bits per heavy atom. The molecule has 0 saturated carbocycles. The first-order valence-corrected chi connectivity index (χ1v) is 12.2. The predicted octanol–water partition coefficient (Wildman–Crippen LogP) is 8.91. The molecule has 0 amide bonds. The van der Waals surface area contributed by atoms with E-state index in [-0.39, 0.29) is 8.46 Å². The summed E-state index contributed by atoms with van der Waals surface area (Å²) in [6.07, 6.45) is 0. The van der Waals surface area contributed by atoms with Gasteiger partial charge in [0.05, 0.1) is 5.30 Å². The van der Waals surface area contributed by atoms with Gasteiger partial charge < -0.3 is 0 Å². The van der Waals surface area contributed by atoms with Crippen molar-refractivity contribution in [3.8, 4) is 33.4 Å². The maximum atomic E-state index is 12.5. The van der Waals surface area contributed by atoms with Gasteiger partial charge in [0, 0.05) is 5.56 Å². The van der Waals surface area contributed by atoms with Crippen molar-refractivity contribution in [1.82, 2.24) is 0 Å². The van der Waals surface area contributed by atoms with Crippen LogP contribution in [0.2, 0.25) is 0 Å². The van der Waals surface area contributed by atoms with Gasteiger partial charge >= 0.3 is 0 Å². The summed E-state index contributed by atoms with van der Waals surface area (Å²) in [6.45, 7) is 0. The van der Waals surface area contributed by atoms with Crippen LogP contribution in [0.5, 0.6) is 0 Å². The van der Waals surface area contributed by atoms with Gasteiger partial charge in [-0.25, -0.2) is 0 Å². The first-order valence-electron chi connectivity index (χ1n) is 11.4. The van der Waals surface area contributed by atoms with Crippen LogP contribution in [0.3, 0.4) is 0 Å². The largest absolute Gasteiger partial charge is 0.269 e. The van der Waals surface area contributed by atoms with Crippen LogP contribution < -0.4 is 5.30 Å². The van der Waals surface area contributed by atoms with E-state index >= 15 is 0 Å². The van der Waals surface area contributed by atoms with Crippen molar-refractivity contribution in [2.24, 2.45) is 0 Å². The Hall–Kier alpha value is -4.06. The summed E-state index contributed by atoms with van der Waals surface area (Å²) in [5, 5.41) is 5.41. The molecule has 0 radical (unpaired) electrons. The third kappa shape index (κ3) is 3.43. The van der Waals surface area contributed by atoms with Crippen molar-refractivity contribution in [3.05, 3.63) is 127 Å². The second-order valence-corrected chi connectivity index (χ2v) is 9.06. The van der Waals surface area contributed by atoms with Crippen molar-refractivity contribution in [1.29, 1.82) is 0 Å². The first-order chi connectivity index (χ1) is 16.8. The van der Waals surface area contributed by atoms with E-state index < -0.39 is 0 Å². The van der Waals surface area contributed by atoms with E-state index in [1.54, 1.807) is 0 Å². The molecule has 0 fully saturated rings. The molecule has 0 aliphatic rings. The SMILES string of the molecule is O=Pc1cc2ccccc2c(-c2c(-c3ccccc3)ccc3ccccc23)c1-c1ccccc1. The van der Waals surface area contributed by atoms with Crippen LogP contribution in [0.4, 0.5) is 0 Å². The molecule has 6 aromatic carbocycles. The van der Waals surface area contributed by atoms with Crippen molar-refractivity contribution in [3.63, 3.8) is 0 Å². The predicted molar refractivity (Wildman–Crippen MR) is 145 cm³/mol. The van der Waals surface area contributed by atoms with Crippen molar-refractivity contribution in [2.75, 3.05) is 0 Å². The summed E-state index contributed by atoms with van der Waals surface area (Å²) >= 11 is 0. The molecule has 0 spiro atoms. The molecule has 2 heteroatoms. The maximum Gasteiger partial charge on any atom is 0.192 e. The molecular formula is C32H21OP. The molecule has 0 bridgehead atoms. The van der Waals surface area contributed by atoms with Crippen LogP contribution in [0.15, 0.2) is 127 Å². The lowest BCUT2D eigenvalue weighted by Crippen LogP contribution is -2.03. The lowest BCUT2D eigenvalue weighted by molar-refractivity contribution is 0.603. The number of benzene rings is 6. The van der Waals surface area contributed by atoms with Crippen LogP contribution in [-0.4, -0.2) is 0 Å². The number of rotatable bonds is 4. The highest BCUT2D eigenvalue weighted by Gasteiger charge is 2.21. The third-order valence-corrected chi connectivity index (χ3v) is 7.00. The van der Waals surface area contributed by atoms with E-state index in [1.165, 1.54) is 21.9 Å². The van der Waals surface area contributed by atoms with Crippen molar-refractivity contribution >= 4 is 35.3 Å². The van der Waals surface area contributed by atoms with E-state index in [2.05, 4.69) is 97.1 Å². The van der Waals surface area contributed by atoms with Crippen LogP contribution in [0.25, 0.3) is 54.9 Å². The Bertz CT molecular complexity index is 1650. The summed E-state index contributed by atoms with van der Waals surface area (Å²) in [7, 11) is 0.0101. The van der Waals surface area contributed by atoms with E-state index in [4.69, 9.17) is 0 Å². The summed E-state index contributed by atoms with van der Waals surface area (Å²) in [5.74, 6) is 0. The molecule has 0 aromatic heterocycles. The zero-order chi connectivity index (χ0) is 22.9. The Labute approximate surface area is 200 Å². The van der Waals surface area contributed by atoms with Gasteiger partial charge in [-0.1, -0.05) is 121 Å². The minimum Gasteiger partial charge on any atom is -0.269 e. The minimum atomic E-state index is 0.0101. The zero-order valence-corrected chi connectivity index (χ0v) is 19.4. The molecule has 6 aromatic rings. The smallest absolute Gasteiger partial charge is 0.192 e.